The van der Waals surface area contributed by atoms with Gasteiger partial charge in [0.2, 0.25) is 11.8 Å². The third kappa shape index (κ3) is 3.06. The molecule has 2 saturated heterocycles. The average Bonchev–Trinajstić information content (AvgIpc) is 3.35. The molecule has 0 radical (unpaired) electrons. The minimum absolute atomic E-state index is 0.0203. The first kappa shape index (κ1) is 15.9. The molecule has 2 aromatic heterocycles. The van der Waals surface area contributed by atoms with E-state index in [-0.39, 0.29) is 30.2 Å². The van der Waals surface area contributed by atoms with Gasteiger partial charge in [-0.25, -0.2) is 0 Å². The SMILES string of the molecule is Cn1cc([C@H]2CCCN2C(=O)[C@H]2CC(=O)N(Cc3ccco3)C2)cn1. The second-order valence-electron chi connectivity index (χ2n) is 6.89. The fourth-order valence-electron chi connectivity index (χ4n) is 3.90. The van der Waals surface area contributed by atoms with Crippen LogP contribution in [0.25, 0.3) is 0 Å². The summed E-state index contributed by atoms with van der Waals surface area (Å²) in [7, 11) is 1.88. The number of amides is 2. The van der Waals surface area contributed by atoms with Crippen molar-refractivity contribution in [3.8, 4) is 0 Å². The van der Waals surface area contributed by atoms with E-state index in [1.807, 2.05) is 30.4 Å². The minimum atomic E-state index is -0.264. The normalized spacial score (nSPS) is 23.6. The molecule has 0 saturated carbocycles. The fraction of sp³-hybridized carbons (Fsp3) is 0.500. The molecule has 4 heterocycles. The minimum Gasteiger partial charge on any atom is -0.467 e. The number of carbonyl (C=O) groups excluding carboxylic acids is 2. The van der Waals surface area contributed by atoms with Crippen LogP contribution in [0.15, 0.2) is 35.2 Å². The van der Waals surface area contributed by atoms with Crippen molar-refractivity contribution in [2.45, 2.75) is 31.8 Å². The van der Waals surface area contributed by atoms with E-state index in [9.17, 15) is 9.59 Å². The highest BCUT2D eigenvalue weighted by Gasteiger charge is 2.40. The lowest BCUT2D eigenvalue weighted by molar-refractivity contribution is -0.136. The Morgan fingerprint density at radius 3 is 3.04 bits per heavy atom. The Morgan fingerprint density at radius 1 is 1.44 bits per heavy atom. The Hall–Kier alpha value is -2.57. The van der Waals surface area contributed by atoms with Gasteiger partial charge in [0.05, 0.1) is 31.0 Å². The maximum Gasteiger partial charge on any atom is 0.228 e. The molecule has 25 heavy (non-hydrogen) atoms. The van der Waals surface area contributed by atoms with Crippen molar-refractivity contribution in [1.29, 1.82) is 0 Å². The van der Waals surface area contributed by atoms with Crippen LogP contribution in [0.5, 0.6) is 0 Å². The van der Waals surface area contributed by atoms with Crippen LogP contribution in [0.1, 0.15) is 36.6 Å². The quantitative estimate of drug-likeness (QED) is 0.848. The predicted octanol–water partition coefficient (Wildman–Crippen LogP) is 1.73. The monoisotopic (exact) mass is 342 g/mol. The van der Waals surface area contributed by atoms with Crippen molar-refractivity contribution in [2.75, 3.05) is 13.1 Å². The molecule has 7 heteroatoms. The van der Waals surface area contributed by atoms with Crippen molar-refractivity contribution < 1.29 is 14.0 Å². The van der Waals surface area contributed by atoms with E-state index in [2.05, 4.69) is 5.10 Å². The van der Waals surface area contributed by atoms with Crippen LogP contribution in [-0.2, 0) is 23.2 Å². The van der Waals surface area contributed by atoms with Crippen molar-refractivity contribution in [2.24, 2.45) is 13.0 Å². The number of furan rings is 1. The van der Waals surface area contributed by atoms with E-state index in [0.29, 0.717) is 13.1 Å². The van der Waals surface area contributed by atoms with E-state index >= 15 is 0 Å². The topological polar surface area (TPSA) is 71.6 Å². The van der Waals surface area contributed by atoms with Crippen molar-refractivity contribution in [3.63, 3.8) is 0 Å². The smallest absolute Gasteiger partial charge is 0.228 e. The molecule has 0 N–H and O–H groups in total. The van der Waals surface area contributed by atoms with Gasteiger partial charge in [0.25, 0.3) is 0 Å². The Morgan fingerprint density at radius 2 is 2.32 bits per heavy atom. The van der Waals surface area contributed by atoms with Gasteiger partial charge in [-0.05, 0) is 25.0 Å². The van der Waals surface area contributed by atoms with Crippen LogP contribution in [0.4, 0.5) is 0 Å². The molecule has 2 aliphatic heterocycles. The summed E-state index contributed by atoms with van der Waals surface area (Å²) in [5.74, 6) is 0.587. The van der Waals surface area contributed by atoms with E-state index in [1.54, 1.807) is 21.9 Å². The van der Waals surface area contributed by atoms with Gasteiger partial charge >= 0.3 is 0 Å². The summed E-state index contributed by atoms with van der Waals surface area (Å²) in [4.78, 5) is 29.0. The summed E-state index contributed by atoms with van der Waals surface area (Å²) in [6, 6.07) is 3.73. The molecule has 132 valence electrons. The van der Waals surface area contributed by atoms with Crippen LogP contribution in [-0.4, -0.2) is 44.5 Å². The Balaban J connectivity index is 1.44. The Labute approximate surface area is 146 Å². The van der Waals surface area contributed by atoms with Gasteiger partial charge in [-0.15, -0.1) is 0 Å². The molecule has 4 rings (SSSR count). The molecule has 2 fully saturated rings. The van der Waals surface area contributed by atoms with Gasteiger partial charge < -0.3 is 14.2 Å². The maximum absolute atomic E-state index is 13.0. The Bertz CT molecular complexity index is 767. The summed E-state index contributed by atoms with van der Waals surface area (Å²) < 4.78 is 7.08. The molecule has 2 atom stereocenters. The number of hydrogen-bond donors (Lipinski definition) is 0. The summed E-state index contributed by atoms with van der Waals surface area (Å²) in [5.41, 5.74) is 1.07. The average molecular weight is 342 g/mol. The lowest BCUT2D eigenvalue weighted by atomic mass is 10.0. The number of carbonyl (C=O) groups is 2. The number of aryl methyl sites for hydroxylation is 1. The zero-order valence-corrected chi connectivity index (χ0v) is 14.3. The highest BCUT2D eigenvalue weighted by Crippen LogP contribution is 2.34. The predicted molar refractivity (Wildman–Crippen MR) is 89.1 cm³/mol. The standard InChI is InChI=1S/C18H22N4O3/c1-20-10-14(9-19-20)16-5-2-6-22(16)18(24)13-8-17(23)21(11-13)12-15-4-3-7-25-15/h3-4,7,9-10,13,16H,2,5-6,8,11-12H2,1H3/t13-,16+/m0/s1. The first-order valence-corrected chi connectivity index (χ1v) is 8.71. The number of rotatable bonds is 4. The number of hydrogen-bond acceptors (Lipinski definition) is 4. The number of likely N-dealkylation sites (tertiary alicyclic amines) is 2. The van der Waals surface area contributed by atoms with Gasteiger partial charge in [-0.2, -0.15) is 5.10 Å². The third-order valence-electron chi connectivity index (χ3n) is 5.14. The highest BCUT2D eigenvalue weighted by molar-refractivity contribution is 5.89. The molecular weight excluding hydrogens is 320 g/mol. The van der Waals surface area contributed by atoms with E-state index < -0.39 is 0 Å². The summed E-state index contributed by atoms with van der Waals surface area (Å²) >= 11 is 0. The molecular formula is C18H22N4O3. The zero-order valence-electron chi connectivity index (χ0n) is 14.3. The van der Waals surface area contributed by atoms with Gasteiger partial charge in [0.1, 0.15) is 5.76 Å². The van der Waals surface area contributed by atoms with Crippen LogP contribution in [0, 0.1) is 5.92 Å². The highest BCUT2D eigenvalue weighted by atomic mass is 16.3. The molecule has 2 aliphatic rings. The molecule has 0 spiro atoms. The maximum atomic E-state index is 13.0. The first-order valence-electron chi connectivity index (χ1n) is 8.71. The van der Waals surface area contributed by atoms with Gasteiger partial charge in [-0.1, -0.05) is 0 Å². The first-order chi connectivity index (χ1) is 12.1. The summed E-state index contributed by atoms with van der Waals surface area (Å²) in [6.07, 6.45) is 7.63. The fourth-order valence-corrected chi connectivity index (χ4v) is 3.90. The van der Waals surface area contributed by atoms with Crippen molar-refractivity contribution in [3.05, 3.63) is 42.1 Å². The van der Waals surface area contributed by atoms with Crippen LogP contribution in [0.2, 0.25) is 0 Å². The largest absolute Gasteiger partial charge is 0.467 e. The number of nitrogens with zero attached hydrogens (tertiary/aromatic N) is 4. The lowest BCUT2D eigenvalue weighted by Gasteiger charge is -2.26. The lowest BCUT2D eigenvalue weighted by Crippen LogP contribution is -2.37. The number of aromatic nitrogens is 2. The third-order valence-corrected chi connectivity index (χ3v) is 5.14. The molecule has 0 aliphatic carbocycles. The zero-order chi connectivity index (χ0) is 17.4. The van der Waals surface area contributed by atoms with Crippen molar-refractivity contribution >= 4 is 11.8 Å². The van der Waals surface area contributed by atoms with E-state index in [4.69, 9.17) is 4.42 Å². The molecule has 2 aromatic rings. The van der Waals surface area contributed by atoms with E-state index in [1.165, 1.54) is 0 Å². The summed E-state index contributed by atoms with van der Waals surface area (Å²) in [5, 5.41) is 4.22. The molecule has 0 aromatic carbocycles. The van der Waals surface area contributed by atoms with Gasteiger partial charge in [0, 0.05) is 38.3 Å². The van der Waals surface area contributed by atoms with E-state index in [0.717, 1.165) is 30.7 Å². The molecule has 0 unspecified atom stereocenters. The van der Waals surface area contributed by atoms with Gasteiger partial charge in [-0.3, -0.25) is 14.3 Å². The second kappa shape index (κ2) is 6.38. The van der Waals surface area contributed by atoms with Crippen molar-refractivity contribution in [1.82, 2.24) is 19.6 Å². The van der Waals surface area contributed by atoms with Crippen LogP contribution < -0.4 is 0 Å². The molecule has 2 amide bonds. The van der Waals surface area contributed by atoms with Crippen LogP contribution >= 0.6 is 0 Å². The summed E-state index contributed by atoms with van der Waals surface area (Å²) in [6.45, 7) is 1.65. The molecule has 0 bridgehead atoms. The van der Waals surface area contributed by atoms with Crippen LogP contribution in [0.3, 0.4) is 0 Å². The molecule has 7 nitrogen and oxygen atoms in total. The second-order valence-corrected chi connectivity index (χ2v) is 6.89. The Kier molecular flexibility index (Phi) is 4.07. The van der Waals surface area contributed by atoms with Gasteiger partial charge in [0.15, 0.2) is 0 Å².